The van der Waals surface area contributed by atoms with Gasteiger partial charge in [-0.1, -0.05) is 12.1 Å². The standard InChI is InChI=1S/C24H27N7O5S/c1-14-12-26-17(13-25-14)22(32)15(2)37(33)30-24-29-28-23(16-8-6-11-20(27-16)36-5)31(24)21-18(34-3)9-7-10-19(21)35-4/h6-13,15,22,32H,1-5H3,(H,29,30). The van der Waals surface area contributed by atoms with Crippen LogP contribution in [0.2, 0.25) is 0 Å². The van der Waals surface area contributed by atoms with E-state index < -0.39 is 22.3 Å². The minimum absolute atomic E-state index is 0.120. The maximum Gasteiger partial charge on any atom is 0.241 e. The summed E-state index contributed by atoms with van der Waals surface area (Å²) in [6, 6.07) is 10.5. The van der Waals surface area contributed by atoms with Crippen LogP contribution in [0.4, 0.5) is 5.95 Å². The van der Waals surface area contributed by atoms with E-state index in [9.17, 15) is 9.32 Å². The third-order valence-corrected chi connectivity index (χ3v) is 6.85. The average Bonchev–Trinajstić information content (AvgIpc) is 3.34. The first kappa shape index (κ1) is 26.0. The minimum atomic E-state index is -1.82. The van der Waals surface area contributed by atoms with E-state index in [1.807, 2.05) is 0 Å². The van der Waals surface area contributed by atoms with Crippen molar-refractivity contribution < 1.29 is 23.5 Å². The normalized spacial score (nSPS) is 13.5. The Morgan fingerprint density at radius 3 is 2.30 bits per heavy atom. The molecule has 0 aliphatic rings. The fourth-order valence-corrected chi connectivity index (χ4v) is 4.40. The number of para-hydroxylation sites is 1. The van der Waals surface area contributed by atoms with Gasteiger partial charge in [-0.15, -0.1) is 10.2 Å². The lowest BCUT2D eigenvalue weighted by Gasteiger charge is -2.20. The first-order chi connectivity index (χ1) is 17.9. The summed E-state index contributed by atoms with van der Waals surface area (Å²) in [7, 11) is 2.75. The quantitative estimate of drug-likeness (QED) is 0.317. The number of aromatic nitrogens is 6. The summed E-state index contributed by atoms with van der Waals surface area (Å²) >= 11 is 0. The molecule has 0 bridgehead atoms. The first-order valence-electron chi connectivity index (χ1n) is 11.2. The molecule has 0 amide bonds. The van der Waals surface area contributed by atoms with E-state index in [1.54, 1.807) is 61.0 Å². The number of hydrogen-bond acceptors (Lipinski definition) is 10. The summed E-state index contributed by atoms with van der Waals surface area (Å²) in [5, 5.41) is 18.6. The van der Waals surface area contributed by atoms with Crippen LogP contribution >= 0.6 is 0 Å². The van der Waals surface area contributed by atoms with Crippen LogP contribution in [0.3, 0.4) is 0 Å². The number of nitrogens with one attached hydrogen (secondary N) is 1. The van der Waals surface area contributed by atoms with E-state index in [0.717, 1.165) is 0 Å². The number of methoxy groups -OCH3 is 3. The topological polar surface area (TPSA) is 146 Å². The van der Waals surface area contributed by atoms with E-state index in [-0.39, 0.29) is 5.95 Å². The highest BCUT2D eigenvalue weighted by atomic mass is 32.2. The number of rotatable bonds is 10. The highest BCUT2D eigenvalue weighted by molar-refractivity contribution is 7.87. The number of nitrogens with zero attached hydrogens (tertiary/aromatic N) is 6. The van der Waals surface area contributed by atoms with Crippen LogP contribution in [0.25, 0.3) is 17.2 Å². The predicted molar refractivity (Wildman–Crippen MR) is 137 cm³/mol. The van der Waals surface area contributed by atoms with Gasteiger partial charge in [0.25, 0.3) is 0 Å². The molecule has 2 N–H and O–H groups in total. The molecule has 13 heteroatoms. The molecule has 3 aromatic heterocycles. The fraction of sp³-hybridized carbons (Fsp3) is 0.292. The second-order valence-corrected chi connectivity index (χ2v) is 9.43. The van der Waals surface area contributed by atoms with Crippen molar-refractivity contribution in [3.05, 3.63) is 60.2 Å². The van der Waals surface area contributed by atoms with Crippen LogP contribution in [-0.2, 0) is 11.0 Å². The number of aliphatic hydroxyl groups excluding tert-OH is 1. The number of hydrogen-bond donors (Lipinski definition) is 2. The van der Waals surface area contributed by atoms with E-state index in [2.05, 4.69) is 29.9 Å². The molecule has 0 saturated heterocycles. The Labute approximate surface area is 216 Å². The van der Waals surface area contributed by atoms with Gasteiger partial charge in [-0.25, -0.2) is 9.19 Å². The highest BCUT2D eigenvalue weighted by Crippen LogP contribution is 2.37. The number of aryl methyl sites for hydroxylation is 1. The summed E-state index contributed by atoms with van der Waals surface area (Å²) in [6.45, 7) is 3.42. The summed E-state index contributed by atoms with van der Waals surface area (Å²) in [6.07, 6.45) is 1.86. The number of pyridine rings is 1. The number of aliphatic hydroxyl groups is 1. The van der Waals surface area contributed by atoms with Crippen molar-refractivity contribution in [1.82, 2.24) is 29.7 Å². The van der Waals surface area contributed by atoms with Gasteiger partial charge in [0, 0.05) is 12.3 Å². The Balaban J connectivity index is 1.79. The lowest BCUT2D eigenvalue weighted by molar-refractivity contribution is 0.172. The molecule has 0 radical (unpaired) electrons. The number of benzene rings is 1. The zero-order valence-electron chi connectivity index (χ0n) is 20.9. The van der Waals surface area contributed by atoms with Crippen LogP contribution < -0.4 is 18.9 Å². The van der Waals surface area contributed by atoms with Crippen molar-refractivity contribution >= 4 is 16.9 Å². The van der Waals surface area contributed by atoms with Gasteiger partial charge in [0.05, 0.1) is 44.2 Å². The summed E-state index contributed by atoms with van der Waals surface area (Å²) in [5.74, 6) is 1.74. The van der Waals surface area contributed by atoms with E-state index >= 15 is 0 Å². The first-order valence-corrected chi connectivity index (χ1v) is 12.4. The smallest absolute Gasteiger partial charge is 0.241 e. The molecular weight excluding hydrogens is 498 g/mol. The molecule has 3 unspecified atom stereocenters. The summed E-state index contributed by atoms with van der Waals surface area (Å²) < 4.78 is 34.3. The van der Waals surface area contributed by atoms with Crippen molar-refractivity contribution in [1.29, 1.82) is 0 Å². The van der Waals surface area contributed by atoms with Crippen molar-refractivity contribution in [3.63, 3.8) is 0 Å². The predicted octanol–water partition coefficient (Wildman–Crippen LogP) is 2.65. The third kappa shape index (κ3) is 5.37. The van der Waals surface area contributed by atoms with Crippen LogP contribution in [0, 0.1) is 6.92 Å². The van der Waals surface area contributed by atoms with Gasteiger partial charge in [-0.3, -0.25) is 19.3 Å². The minimum Gasteiger partial charge on any atom is -0.494 e. The fourth-order valence-electron chi connectivity index (χ4n) is 3.53. The van der Waals surface area contributed by atoms with Crippen molar-refractivity contribution in [2.24, 2.45) is 0 Å². The maximum absolute atomic E-state index is 13.3. The molecule has 4 rings (SSSR count). The molecular formula is C24H27N7O5S. The maximum atomic E-state index is 13.3. The molecule has 1 aromatic carbocycles. The van der Waals surface area contributed by atoms with E-state index in [0.29, 0.717) is 46.0 Å². The molecule has 0 aliphatic heterocycles. The van der Waals surface area contributed by atoms with Crippen LogP contribution in [0.1, 0.15) is 24.4 Å². The third-order valence-electron chi connectivity index (χ3n) is 5.53. The SMILES string of the molecule is COc1cccc(-c2nnc(NS(=O)C(C)C(O)c3cnc(C)cn3)n2-c2c(OC)cccc2OC)n1. The molecule has 3 atom stereocenters. The second-order valence-electron chi connectivity index (χ2n) is 7.89. The molecule has 194 valence electrons. The molecule has 0 aliphatic carbocycles. The van der Waals surface area contributed by atoms with Gasteiger partial charge in [0.15, 0.2) is 5.82 Å². The number of ether oxygens (including phenoxy) is 3. The van der Waals surface area contributed by atoms with Crippen molar-refractivity contribution in [2.45, 2.75) is 25.2 Å². The summed E-state index contributed by atoms with van der Waals surface area (Å²) in [4.78, 5) is 12.8. The van der Waals surface area contributed by atoms with Gasteiger partial charge in [0.2, 0.25) is 11.8 Å². The van der Waals surface area contributed by atoms with Gasteiger partial charge >= 0.3 is 0 Å². The van der Waals surface area contributed by atoms with Crippen LogP contribution in [0.5, 0.6) is 17.4 Å². The Morgan fingerprint density at radius 2 is 1.68 bits per heavy atom. The Kier molecular flexibility index (Phi) is 7.94. The molecule has 12 nitrogen and oxygen atoms in total. The van der Waals surface area contributed by atoms with E-state index in [4.69, 9.17) is 14.2 Å². The lowest BCUT2D eigenvalue weighted by Crippen LogP contribution is -2.27. The van der Waals surface area contributed by atoms with Gasteiger partial charge in [-0.05, 0) is 32.0 Å². The molecule has 0 fully saturated rings. The second kappa shape index (κ2) is 11.3. The van der Waals surface area contributed by atoms with Gasteiger partial charge < -0.3 is 19.3 Å². The van der Waals surface area contributed by atoms with Gasteiger partial charge in [0.1, 0.15) is 40.0 Å². The lowest BCUT2D eigenvalue weighted by atomic mass is 10.2. The Morgan fingerprint density at radius 1 is 0.973 bits per heavy atom. The molecule has 0 spiro atoms. The average molecular weight is 526 g/mol. The van der Waals surface area contributed by atoms with Crippen molar-refractivity contribution in [2.75, 3.05) is 26.1 Å². The highest BCUT2D eigenvalue weighted by Gasteiger charge is 2.28. The largest absolute Gasteiger partial charge is 0.494 e. The Hall–Kier alpha value is -4.10. The van der Waals surface area contributed by atoms with Crippen LogP contribution in [-0.4, -0.2) is 65.6 Å². The Bertz CT molecular complexity index is 1370. The molecule has 4 aromatic rings. The monoisotopic (exact) mass is 525 g/mol. The molecule has 3 heterocycles. The zero-order chi connectivity index (χ0) is 26.5. The zero-order valence-corrected chi connectivity index (χ0v) is 21.8. The molecule has 0 saturated carbocycles. The van der Waals surface area contributed by atoms with Crippen molar-refractivity contribution in [3.8, 4) is 34.6 Å². The summed E-state index contributed by atoms with van der Waals surface area (Å²) in [5.41, 5.74) is 1.93. The van der Waals surface area contributed by atoms with E-state index in [1.165, 1.54) is 27.5 Å². The number of anilines is 1. The van der Waals surface area contributed by atoms with Crippen LogP contribution in [0.15, 0.2) is 48.8 Å². The molecule has 37 heavy (non-hydrogen) atoms. The van der Waals surface area contributed by atoms with Gasteiger partial charge in [-0.2, -0.15) is 0 Å².